The average molecular weight is 337 g/mol. The van der Waals surface area contributed by atoms with Gasteiger partial charge in [-0.1, -0.05) is 30.7 Å². The van der Waals surface area contributed by atoms with Crippen molar-refractivity contribution in [3.63, 3.8) is 0 Å². The van der Waals surface area contributed by atoms with E-state index < -0.39 is 0 Å². The van der Waals surface area contributed by atoms with Crippen molar-refractivity contribution in [2.45, 2.75) is 39.7 Å². The van der Waals surface area contributed by atoms with Gasteiger partial charge in [0.15, 0.2) is 0 Å². The molecule has 2 N–H and O–H groups in total. The van der Waals surface area contributed by atoms with E-state index in [4.69, 9.17) is 5.73 Å². The Bertz CT molecular complexity index is 771. The molecule has 1 aliphatic rings. The van der Waals surface area contributed by atoms with Crippen molar-refractivity contribution in [1.82, 2.24) is 9.88 Å². The van der Waals surface area contributed by atoms with E-state index in [0.29, 0.717) is 12.5 Å². The lowest BCUT2D eigenvalue weighted by Crippen LogP contribution is -2.51. The Morgan fingerprint density at radius 2 is 2.08 bits per heavy atom. The summed E-state index contributed by atoms with van der Waals surface area (Å²) in [6.07, 6.45) is 2.17. The van der Waals surface area contributed by atoms with E-state index in [2.05, 4.69) is 11.9 Å². The molecule has 0 saturated carbocycles. The van der Waals surface area contributed by atoms with Crippen molar-refractivity contribution >= 4 is 5.91 Å². The first-order valence-corrected chi connectivity index (χ1v) is 9.07. The van der Waals surface area contributed by atoms with Gasteiger partial charge in [-0.25, -0.2) is 0 Å². The maximum atomic E-state index is 13.4. The molecule has 0 spiro atoms. The number of carbonyl (C=O) groups excluding carboxylic acids is 1. The van der Waals surface area contributed by atoms with Gasteiger partial charge < -0.3 is 10.6 Å². The largest absolute Gasteiger partial charge is 0.334 e. The Morgan fingerprint density at radius 1 is 1.28 bits per heavy atom. The summed E-state index contributed by atoms with van der Waals surface area (Å²) < 4.78 is 0. The first-order chi connectivity index (χ1) is 12.0. The van der Waals surface area contributed by atoms with Crippen LogP contribution in [0.5, 0.6) is 0 Å². The highest BCUT2D eigenvalue weighted by Gasteiger charge is 2.32. The Balaban J connectivity index is 2.04. The number of carbonyl (C=O) groups is 1. The lowest BCUT2D eigenvalue weighted by atomic mass is 9.89. The van der Waals surface area contributed by atoms with Gasteiger partial charge in [-0.15, -0.1) is 0 Å². The standard InChI is InChI=1S/C21H27N3O/c1-14-9-10-17(19-8-4-7-16(3)23-19)18(12-14)21(25)24-11-5-6-15(2)20(24)13-22/h4,7-10,12,15,20H,5-6,11,13,22H2,1-3H3/t15-,20-/m1/s1. The van der Waals surface area contributed by atoms with Crippen LogP contribution >= 0.6 is 0 Å². The number of aryl methyl sites for hydroxylation is 2. The fourth-order valence-corrected chi connectivity index (χ4v) is 3.77. The van der Waals surface area contributed by atoms with Crippen molar-refractivity contribution in [1.29, 1.82) is 0 Å². The van der Waals surface area contributed by atoms with Crippen LogP contribution in [-0.2, 0) is 0 Å². The molecular formula is C21H27N3O. The minimum absolute atomic E-state index is 0.0732. The van der Waals surface area contributed by atoms with Gasteiger partial charge in [-0.2, -0.15) is 0 Å². The molecular weight excluding hydrogens is 310 g/mol. The van der Waals surface area contributed by atoms with E-state index in [0.717, 1.165) is 47.5 Å². The maximum Gasteiger partial charge on any atom is 0.254 e. The molecule has 1 aromatic heterocycles. The summed E-state index contributed by atoms with van der Waals surface area (Å²) >= 11 is 0. The predicted molar refractivity (Wildman–Crippen MR) is 101 cm³/mol. The van der Waals surface area contributed by atoms with Gasteiger partial charge in [0.1, 0.15) is 0 Å². The maximum absolute atomic E-state index is 13.4. The highest BCUT2D eigenvalue weighted by atomic mass is 16.2. The zero-order chi connectivity index (χ0) is 18.0. The van der Waals surface area contributed by atoms with Gasteiger partial charge in [0.25, 0.3) is 5.91 Å². The molecule has 2 aromatic rings. The molecule has 3 rings (SSSR count). The van der Waals surface area contributed by atoms with E-state index in [1.54, 1.807) is 0 Å². The number of benzene rings is 1. The van der Waals surface area contributed by atoms with Crippen molar-refractivity contribution in [2.75, 3.05) is 13.1 Å². The monoisotopic (exact) mass is 337 g/mol. The van der Waals surface area contributed by atoms with Gasteiger partial charge in [0.05, 0.1) is 5.69 Å². The lowest BCUT2D eigenvalue weighted by molar-refractivity contribution is 0.0533. The number of nitrogens with zero attached hydrogens (tertiary/aromatic N) is 2. The number of aromatic nitrogens is 1. The SMILES string of the molecule is Cc1ccc(-c2cccc(C)n2)c(C(=O)N2CCC[C@@H](C)[C@H]2CN)c1. The minimum atomic E-state index is 0.0732. The first kappa shape index (κ1) is 17.6. The normalized spacial score (nSPS) is 20.6. The van der Waals surface area contributed by atoms with Crippen LogP contribution in [-0.4, -0.2) is 34.9 Å². The van der Waals surface area contributed by atoms with E-state index in [9.17, 15) is 4.79 Å². The third-order valence-electron chi connectivity index (χ3n) is 5.19. The average Bonchev–Trinajstić information content (AvgIpc) is 2.60. The fourth-order valence-electron chi connectivity index (χ4n) is 3.77. The number of amides is 1. The van der Waals surface area contributed by atoms with Crippen LogP contribution in [0.2, 0.25) is 0 Å². The van der Waals surface area contributed by atoms with Crippen molar-refractivity contribution in [3.05, 3.63) is 53.2 Å². The Labute approximate surface area is 150 Å². The quantitative estimate of drug-likeness (QED) is 0.931. The van der Waals surface area contributed by atoms with Crippen LogP contribution in [0.4, 0.5) is 0 Å². The molecule has 132 valence electrons. The molecule has 2 heterocycles. The molecule has 4 nitrogen and oxygen atoms in total. The molecule has 0 radical (unpaired) electrons. The summed E-state index contributed by atoms with van der Waals surface area (Å²) in [6, 6.07) is 12.1. The third kappa shape index (κ3) is 3.59. The Hall–Kier alpha value is -2.20. The van der Waals surface area contributed by atoms with Gasteiger partial charge >= 0.3 is 0 Å². The zero-order valence-electron chi connectivity index (χ0n) is 15.3. The zero-order valence-corrected chi connectivity index (χ0v) is 15.3. The number of rotatable bonds is 3. The van der Waals surface area contributed by atoms with Crippen LogP contribution in [0, 0.1) is 19.8 Å². The smallest absolute Gasteiger partial charge is 0.254 e. The number of likely N-dealkylation sites (tertiary alicyclic amines) is 1. The molecule has 0 unspecified atom stereocenters. The number of hydrogen-bond acceptors (Lipinski definition) is 3. The van der Waals surface area contributed by atoms with E-state index in [1.165, 1.54) is 0 Å². The van der Waals surface area contributed by atoms with Crippen LogP contribution in [0.3, 0.4) is 0 Å². The second-order valence-electron chi connectivity index (χ2n) is 7.13. The summed E-state index contributed by atoms with van der Waals surface area (Å²) in [4.78, 5) is 20.0. The number of pyridine rings is 1. The summed E-state index contributed by atoms with van der Waals surface area (Å²) in [5.74, 6) is 0.511. The second-order valence-corrected chi connectivity index (χ2v) is 7.13. The van der Waals surface area contributed by atoms with Crippen molar-refractivity contribution in [2.24, 2.45) is 11.7 Å². The topological polar surface area (TPSA) is 59.2 Å². The molecule has 25 heavy (non-hydrogen) atoms. The minimum Gasteiger partial charge on any atom is -0.334 e. The number of nitrogens with two attached hydrogens (primary N) is 1. The van der Waals surface area contributed by atoms with E-state index >= 15 is 0 Å². The second kappa shape index (κ2) is 7.36. The Kier molecular flexibility index (Phi) is 5.19. The van der Waals surface area contributed by atoms with Crippen molar-refractivity contribution < 1.29 is 4.79 Å². The van der Waals surface area contributed by atoms with Gasteiger partial charge in [0, 0.05) is 36.0 Å². The molecule has 4 heteroatoms. The fraction of sp³-hybridized carbons (Fsp3) is 0.429. The van der Waals surface area contributed by atoms with E-state index in [-0.39, 0.29) is 11.9 Å². The number of piperidine rings is 1. The summed E-state index contributed by atoms with van der Waals surface area (Å²) in [5, 5.41) is 0. The molecule has 1 amide bonds. The van der Waals surface area contributed by atoms with Crippen LogP contribution in [0.15, 0.2) is 36.4 Å². The van der Waals surface area contributed by atoms with Gasteiger partial charge in [-0.3, -0.25) is 9.78 Å². The van der Waals surface area contributed by atoms with Crippen LogP contribution in [0.1, 0.15) is 41.4 Å². The third-order valence-corrected chi connectivity index (χ3v) is 5.19. The van der Waals surface area contributed by atoms with Gasteiger partial charge in [-0.05, 0) is 50.8 Å². The van der Waals surface area contributed by atoms with E-state index in [1.807, 2.05) is 55.1 Å². The summed E-state index contributed by atoms with van der Waals surface area (Å²) in [5.41, 5.74) is 10.5. The lowest BCUT2D eigenvalue weighted by Gasteiger charge is -2.39. The molecule has 2 atom stereocenters. The van der Waals surface area contributed by atoms with Gasteiger partial charge in [0.2, 0.25) is 0 Å². The highest BCUT2D eigenvalue weighted by Crippen LogP contribution is 2.29. The predicted octanol–water partition coefficient (Wildman–Crippen LogP) is 3.56. The van der Waals surface area contributed by atoms with Crippen LogP contribution in [0.25, 0.3) is 11.3 Å². The van der Waals surface area contributed by atoms with Crippen LogP contribution < -0.4 is 5.73 Å². The molecule has 1 saturated heterocycles. The number of hydrogen-bond donors (Lipinski definition) is 1. The molecule has 1 aromatic carbocycles. The Morgan fingerprint density at radius 3 is 2.80 bits per heavy atom. The first-order valence-electron chi connectivity index (χ1n) is 9.07. The molecule has 0 aliphatic carbocycles. The molecule has 1 fully saturated rings. The van der Waals surface area contributed by atoms with Crippen molar-refractivity contribution in [3.8, 4) is 11.3 Å². The summed E-state index contributed by atoms with van der Waals surface area (Å²) in [7, 11) is 0. The summed E-state index contributed by atoms with van der Waals surface area (Å²) in [6.45, 7) is 7.46. The molecule has 0 bridgehead atoms. The molecule has 1 aliphatic heterocycles. The highest BCUT2D eigenvalue weighted by molar-refractivity contribution is 6.01.